The van der Waals surface area contributed by atoms with Crippen LogP contribution in [0.25, 0.3) is 11.4 Å². The molecule has 1 aromatic heterocycles. The maximum Gasteiger partial charge on any atom is 0.231 e. The van der Waals surface area contributed by atoms with Crippen molar-refractivity contribution >= 4 is 15.9 Å². The van der Waals surface area contributed by atoms with Crippen LogP contribution >= 0.6 is 15.9 Å². The first kappa shape index (κ1) is 15.1. The second kappa shape index (κ2) is 5.97. The van der Waals surface area contributed by atoms with E-state index in [1.807, 2.05) is 13.8 Å². The number of hydrogen-bond acceptors (Lipinski definition) is 4. The van der Waals surface area contributed by atoms with Crippen molar-refractivity contribution in [2.24, 2.45) is 11.7 Å². The summed E-state index contributed by atoms with van der Waals surface area (Å²) < 4.78 is 31.7. The monoisotopic (exact) mass is 345 g/mol. The van der Waals surface area contributed by atoms with E-state index in [1.54, 1.807) is 0 Å². The third-order valence-electron chi connectivity index (χ3n) is 3.09. The van der Waals surface area contributed by atoms with Gasteiger partial charge in [0.25, 0.3) is 0 Å². The fourth-order valence-electron chi connectivity index (χ4n) is 1.85. The molecule has 0 bridgehead atoms. The molecule has 20 heavy (non-hydrogen) atoms. The van der Waals surface area contributed by atoms with E-state index in [9.17, 15) is 8.78 Å². The Hall–Kier alpha value is -1.34. The predicted octanol–water partition coefficient (Wildman–Crippen LogP) is 3.48. The molecular formula is C13H14BrF2N3O. The van der Waals surface area contributed by atoms with Gasteiger partial charge in [0.15, 0.2) is 11.6 Å². The molecule has 1 atom stereocenters. The van der Waals surface area contributed by atoms with Gasteiger partial charge in [0, 0.05) is 12.1 Å². The van der Waals surface area contributed by atoms with Crippen LogP contribution in [0.5, 0.6) is 0 Å². The van der Waals surface area contributed by atoms with Crippen molar-refractivity contribution < 1.29 is 13.3 Å². The molecule has 0 aliphatic heterocycles. The molecule has 108 valence electrons. The number of nitrogens with two attached hydrogens (primary N) is 1. The first-order valence-corrected chi connectivity index (χ1v) is 6.92. The van der Waals surface area contributed by atoms with Crippen molar-refractivity contribution in [1.82, 2.24) is 10.1 Å². The quantitative estimate of drug-likeness (QED) is 0.861. The van der Waals surface area contributed by atoms with E-state index in [0.29, 0.717) is 18.0 Å². The summed E-state index contributed by atoms with van der Waals surface area (Å²) in [6, 6.07) is 2.41. The van der Waals surface area contributed by atoms with Crippen LogP contribution in [-0.2, 0) is 0 Å². The lowest BCUT2D eigenvalue weighted by atomic mass is 9.96. The third-order valence-corrected chi connectivity index (χ3v) is 3.87. The summed E-state index contributed by atoms with van der Waals surface area (Å²) in [5, 5.41) is 3.81. The maximum absolute atomic E-state index is 13.5. The molecule has 2 rings (SSSR count). The Balaban J connectivity index is 2.41. The lowest BCUT2D eigenvalue weighted by Crippen LogP contribution is -2.18. The SMILES string of the molecule is CC(C)C(CN)c1nc(-c2ccc(F)c(F)c2Br)no1. The Bertz CT molecular complexity index is 616. The Morgan fingerprint density at radius 3 is 2.65 bits per heavy atom. The van der Waals surface area contributed by atoms with Gasteiger partial charge < -0.3 is 10.3 Å². The van der Waals surface area contributed by atoms with Crippen molar-refractivity contribution in [2.75, 3.05) is 6.54 Å². The molecule has 0 aliphatic rings. The highest BCUT2D eigenvalue weighted by Gasteiger charge is 2.23. The van der Waals surface area contributed by atoms with Gasteiger partial charge >= 0.3 is 0 Å². The summed E-state index contributed by atoms with van der Waals surface area (Å²) in [6.07, 6.45) is 0. The standard InChI is InChI=1S/C13H14BrF2N3O/c1-6(2)8(5-17)13-18-12(19-20-13)7-3-4-9(15)11(16)10(7)14/h3-4,6,8H,5,17H2,1-2H3. The molecule has 4 nitrogen and oxygen atoms in total. The van der Waals surface area contributed by atoms with Gasteiger partial charge in [-0.2, -0.15) is 4.98 Å². The van der Waals surface area contributed by atoms with E-state index in [-0.39, 0.29) is 22.1 Å². The second-order valence-corrected chi connectivity index (χ2v) is 5.56. The minimum absolute atomic E-state index is 0.0290. The summed E-state index contributed by atoms with van der Waals surface area (Å²) in [6.45, 7) is 4.36. The van der Waals surface area contributed by atoms with Crippen LogP contribution in [0, 0.1) is 17.6 Å². The van der Waals surface area contributed by atoms with Gasteiger partial charge in [-0.3, -0.25) is 0 Å². The molecule has 2 N–H and O–H groups in total. The fraction of sp³-hybridized carbons (Fsp3) is 0.385. The minimum Gasteiger partial charge on any atom is -0.339 e. The summed E-state index contributed by atoms with van der Waals surface area (Å²) in [4.78, 5) is 4.23. The van der Waals surface area contributed by atoms with Crippen LogP contribution in [0.1, 0.15) is 25.7 Å². The zero-order chi connectivity index (χ0) is 14.9. The summed E-state index contributed by atoms with van der Waals surface area (Å²) in [5.41, 5.74) is 6.01. The average Bonchev–Trinajstić information content (AvgIpc) is 2.86. The smallest absolute Gasteiger partial charge is 0.231 e. The number of hydrogen-bond donors (Lipinski definition) is 1. The van der Waals surface area contributed by atoms with Crippen molar-refractivity contribution in [3.63, 3.8) is 0 Å². The van der Waals surface area contributed by atoms with Crippen molar-refractivity contribution in [3.05, 3.63) is 34.1 Å². The molecule has 0 saturated heterocycles. The van der Waals surface area contributed by atoms with Gasteiger partial charge in [0.2, 0.25) is 11.7 Å². The highest BCUT2D eigenvalue weighted by molar-refractivity contribution is 9.10. The fourth-order valence-corrected chi connectivity index (χ4v) is 2.35. The highest BCUT2D eigenvalue weighted by Crippen LogP contribution is 2.31. The normalized spacial score (nSPS) is 12.9. The number of aromatic nitrogens is 2. The highest BCUT2D eigenvalue weighted by atomic mass is 79.9. The Morgan fingerprint density at radius 2 is 2.05 bits per heavy atom. The first-order valence-electron chi connectivity index (χ1n) is 6.13. The van der Waals surface area contributed by atoms with Gasteiger partial charge in [0.05, 0.1) is 10.4 Å². The number of nitrogens with zero attached hydrogens (tertiary/aromatic N) is 2. The first-order chi connectivity index (χ1) is 9.45. The van der Waals surface area contributed by atoms with Crippen LogP contribution in [0.4, 0.5) is 8.78 Å². The third kappa shape index (κ3) is 2.73. The number of halogens is 3. The molecule has 0 aliphatic carbocycles. The largest absolute Gasteiger partial charge is 0.339 e. The van der Waals surface area contributed by atoms with E-state index in [1.165, 1.54) is 6.07 Å². The summed E-state index contributed by atoms with van der Waals surface area (Å²) >= 11 is 3.00. The molecule has 0 saturated carbocycles. The minimum atomic E-state index is -0.979. The zero-order valence-corrected chi connectivity index (χ0v) is 12.6. The van der Waals surface area contributed by atoms with Crippen LogP contribution < -0.4 is 5.73 Å². The summed E-state index contributed by atoms with van der Waals surface area (Å²) in [7, 11) is 0. The van der Waals surface area contributed by atoms with Crippen LogP contribution in [0.3, 0.4) is 0 Å². The molecular weight excluding hydrogens is 332 g/mol. The van der Waals surface area contributed by atoms with Gasteiger partial charge in [-0.25, -0.2) is 8.78 Å². The number of benzene rings is 1. The molecule has 0 spiro atoms. The van der Waals surface area contributed by atoms with Gasteiger partial charge in [-0.05, 0) is 34.0 Å². The predicted molar refractivity (Wildman–Crippen MR) is 74.0 cm³/mol. The van der Waals surface area contributed by atoms with E-state index in [2.05, 4.69) is 26.1 Å². The van der Waals surface area contributed by atoms with E-state index in [4.69, 9.17) is 10.3 Å². The van der Waals surface area contributed by atoms with E-state index in [0.717, 1.165) is 6.07 Å². The topological polar surface area (TPSA) is 64.9 Å². The lowest BCUT2D eigenvalue weighted by Gasteiger charge is -2.13. The zero-order valence-electron chi connectivity index (χ0n) is 11.0. The Kier molecular flexibility index (Phi) is 4.49. The molecule has 0 amide bonds. The van der Waals surface area contributed by atoms with Crippen molar-refractivity contribution in [1.29, 1.82) is 0 Å². The van der Waals surface area contributed by atoms with E-state index >= 15 is 0 Å². The lowest BCUT2D eigenvalue weighted by molar-refractivity contribution is 0.324. The molecule has 1 heterocycles. The average molecular weight is 346 g/mol. The molecule has 0 radical (unpaired) electrons. The summed E-state index contributed by atoms with van der Waals surface area (Å²) in [5.74, 6) is -1.15. The van der Waals surface area contributed by atoms with Crippen molar-refractivity contribution in [3.8, 4) is 11.4 Å². The van der Waals surface area contributed by atoms with Gasteiger partial charge in [-0.15, -0.1) is 0 Å². The molecule has 1 unspecified atom stereocenters. The second-order valence-electron chi connectivity index (χ2n) is 4.77. The van der Waals surface area contributed by atoms with Crippen LogP contribution in [0.2, 0.25) is 0 Å². The van der Waals surface area contributed by atoms with Crippen molar-refractivity contribution in [2.45, 2.75) is 19.8 Å². The van der Waals surface area contributed by atoms with Gasteiger partial charge in [0.1, 0.15) is 0 Å². The van der Waals surface area contributed by atoms with Crippen LogP contribution in [0.15, 0.2) is 21.1 Å². The number of rotatable bonds is 4. The Morgan fingerprint density at radius 1 is 1.35 bits per heavy atom. The molecule has 7 heteroatoms. The molecule has 1 aromatic carbocycles. The maximum atomic E-state index is 13.5. The van der Waals surface area contributed by atoms with Gasteiger partial charge in [-0.1, -0.05) is 19.0 Å². The van der Waals surface area contributed by atoms with Crippen LogP contribution in [-0.4, -0.2) is 16.7 Å². The van der Waals surface area contributed by atoms with E-state index < -0.39 is 11.6 Å². The molecule has 0 fully saturated rings. The molecule has 2 aromatic rings. The Labute approximate surface area is 123 Å².